The van der Waals surface area contributed by atoms with Gasteiger partial charge in [-0.1, -0.05) is 0 Å². The zero-order chi connectivity index (χ0) is 15.9. The van der Waals surface area contributed by atoms with Crippen LogP contribution in [0.25, 0.3) is 10.2 Å². The fraction of sp³-hybridized carbons (Fsp3) is 0.462. The molecule has 114 valence electrons. The molecule has 0 aliphatic carbocycles. The highest BCUT2D eigenvalue weighted by Gasteiger charge is 2.20. The lowest BCUT2D eigenvalue weighted by molar-refractivity contribution is -0.155. The second kappa shape index (κ2) is 5.42. The zero-order valence-corrected chi connectivity index (χ0v) is 14.5. The van der Waals surface area contributed by atoms with E-state index in [4.69, 9.17) is 4.74 Å². The van der Waals surface area contributed by atoms with Crippen molar-refractivity contribution in [3.05, 3.63) is 30.2 Å². The van der Waals surface area contributed by atoms with Gasteiger partial charge < -0.3 is 4.74 Å². The molecule has 0 saturated heterocycles. The number of aryl methyl sites for hydroxylation is 1. The number of esters is 1. The first-order chi connectivity index (χ1) is 9.60. The van der Waals surface area contributed by atoms with Crippen molar-refractivity contribution in [2.75, 3.05) is 0 Å². The molecular weight excluding hydrogens is 360 g/mol. The summed E-state index contributed by atoms with van der Waals surface area (Å²) < 4.78 is 6.78. The summed E-state index contributed by atoms with van der Waals surface area (Å²) in [5.41, 5.74) is -1.03. The number of aromatic nitrogens is 2. The molecule has 0 aromatic carbocycles. The van der Waals surface area contributed by atoms with Crippen LogP contribution in [0, 0.1) is 6.92 Å². The number of nitrogens with one attached hydrogen (secondary N) is 1. The van der Waals surface area contributed by atoms with Crippen molar-refractivity contribution >= 4 is 43.5 Å². The molecule has 0 amide bonds. The molecule has 0 aliphatic rings. The summed E-state index contributed by atoms with van der Waals surface area (Å²) >= 11 is 4.62. The molecule has 0 unspecified atom stereocenters. The number of rotatable bonds is 2. The molecule has 2 aromatic rings. The maximum Gasteiger partial charge on any atom is 0.329 e. The Labute approximate surface area is 132 Å². The summed E-state index contributed by atoms with van der Waals surface area (Å²) in [5.74, 6) is -0.624. The molecule has 21 heavy (non-hydrogen) atoms. The minimum atomic E-state index is -0.668. The highest BCUT2D eigenvalue weighted by molar-refractivity contribution is 9.11. The van der Waals surface area contributed by atoms with E-state index in [2.05, 4.69) is 20.9 Å². The quantitative estimate of drug-likeness (QED) is 0.816. The van der Waals surface area contributed by atoms with Gasteiger partial charge in [-0.25, -0.2) is 9.36 Å². The standard InChI is InChI=1S/C13H15BrN2O4S/c1-6-8-10(21-9(6)14)15-12(19)16(11(8)18)5-7(17)20-13(2,3)4/h5H2,1-4H3,(H,15,19). The minimum Gasteiger partial charge on any atom is -0.459 e. The molecule has 1 N–H and O–H groups in total. The van der Waals surface area contributed by atoms with Crippen molar-refractivity contribution in [2.45, 2.75) is 39.8 Å². The minimum absolute atomic E-state index is 0.408. The van der Waals surface area contributed by atoms with Crippen molar-refractivity contribution < 1.29 is 9.53 Å². The Kier molecular flexibility index (Phi) is 4.12. The van der Waals surface area contributed by atoms with Crippen LogP contribution >= 0.6 is 27.3 Å². The third kappa shape index (κ3) is 3.26. The average molecular weight is 375 g/mol. The smallest absolute Gasteiger partial charge is 0.329 e. The van der Waals surface area contributed by atoms with Crippen molar-refractivity contribution in [1.29, 1.82) is 0 Å². The first kappa shape index (κ1) is 16.0. The maximum absolute atomic E-state index is 12.4. The van der Waals surface area contributed by atoms with Gasteiger partial charge in [-0.2, -0.15) is 0 Å². The largest absolute Gasteiger partial charge is 0.459 e. The lowest BCUT2D eigenvalue weighted by atomic mass is 10.2. The zero-order valence-electron chi connectivity index (χ0n) is 12.1. The van der Waals surface area contributed by atoms with Crippen LogP contribution in [0.2, 0.25) is 0 Å². The van der Waals surface area contributed by atoms with Gasteiger partial charge in [0.05, 0.1) is 9.17 Å². The van der Waals surface area contributed by atoms with E-state index in [1.165, 1.54) is 11.3 Å². The number of H-pyrrole nitrogens is 1. The highest BCUT2D eigenvalue weighted by atomic mass is 79.9. The molecule has 0 saturated carbocycles. The van der Waals surface area contributed by atoms with E-state index in [0.717, 1.165) is 13.9 Å². The van der Waals surface area contributed by atoms with Crippen LogP contribution in [0.5, 0.6) is 0 Å². The molecular formula is C13H15BrN2O4S. The summed E-state index contributed by atoms with van der Waals surface area (Å²) in [6, 6.07) is 0. The summed E-state index contributed by atoms with van der Waals surface area (Å²) in [6.45, 7) is 6.54. The molecule has 0 radical (unpaired) electrons. The molecule has 6 nitrogen and oxygen atoms in total. The number of thiophene rings is 1. The molecule has 2 heterocycles. The van der Waals surface area contributed by atoms with Gasteiger partial charge in [0.25, 0.3) is 5.56 Å². The van der Waals surface area contributed by atoms with Crippen molar-refractivity contribution in [3.63, 3.8) is 0 Å². The second-order valence-corrected chi connectivity index (χ2v) is 7.95. The third-order valence-electron chi connectivity index (χ3n) is 2.72. The van der Waals surface area contributed by atoms with E-state index < -0.39 is 29.4 Å². The number of carbonyl (C=O) groups excluding carboxylic acids is 1. The SMILES string of the molecule is Cc1c(Br)sc2[nH]c(=O)n(CC(=O)OC(C)(C)C)c(=O)c12. The molecule has 0 spiro atoms. The van der Waals surface area contributed by atoms with Crippen molar-refractivity contribution in [2.24, 2.45) is 0 Å². The van der Waals surface area contributed by atoms with Gasteiger partial charge >= 0.3 is 11.7 Å². The van der Waals surface area contributed by atoms with Gasteiger partial charge in [0, 0.05) is 0 Å². The van der Waals surface area contributed by atoms with E-state index in [9.17, 15) is 14.4 Å². The lowest BCUT2D eigenvalue weighted by Crippen LogP contribution is -2.39. The van der Waals surface area contributed by atoms with Crippen molar-refractivity contribution in [3.8, 4) is 0 Å². The molecule has 0 atom stereocenters. The van der Waals surface area contributed by atoms with E-state index in [1.807, 2.05) is 0 Å². The average Bonchev–Trinajstić information content (AvgIpc) is 2.58. The molecule has 2 rings (SSSR count). The predicted octanol–water partition coefficient (Wildman–Crippen LogP) is 2.16. The Hall–Kier alpha value is -1.41. The first-order valence-corrected chi connectivity index (χ1v) is 7.84. The Bertz CT molecular complexity index is 826. The number of ether oxygens (including phenoxy) is 1. The number of hydrogen-bond acceptors (Lipinski definition) is 5. The lowest BCUT2D eigenvalue weighted by Gasteiger charge is -2.19. The molecule has 8 heteroatoms. The predicted molar refractivity (Wildman–Crippen MR) is 85.0 cm³/mol. The third-order valence-corrected chi connectivity index (χ3v) is 4.80. The summed E-state index contributed by atoms with van der Waals surface area (Å²) in [5, 5.41) is 0.412. The van der Waals surface area contributed by atoms with E-state index >= 15 is 0 Å². The molecule has 0 bridgehead atoms. The Balaban J connectivity index is 2.50. The Morgan fingerprint density at radius 2 is 2.00 bits per heavy atom. The van der Waals surface area contributed by atoms with Gasteiger partial charge in [-0.3, -0.25) is 14.6 Å². The number of carbonyl (C=O) groups is 1. The monoisotopic (exact) mass is 374 g/mol. The van der Waals surface area contributed by atoms with Crippen molar-refractivity contribution in [1.82, 2.24) is 9.55 Å². The van der Waals surface area contributed by atoms with Gasteiger partial charge in [-0.15, -0.1) is 11.3 Å². The number of nitrogens with zero attached hydrogens (tertiary/aromatic N) is 1. The number of fused-ring (bicyclic) bond motifs is 1. The number of aromatic amines is 1. The van der Waals surface area contributed by atoms with Crippen LogP contribution in [0.3, 0.4) is 0 Å². The molecule has 2 aromatic heterocycles. The highest BCUT2D eigenvalue weighted by Crippen LogP contribution is 2.30. The van der Waals surface area contributed by atoms with Crippen LogP contribution in [-0.2, 0) is 16.1 Å². The fourth-order valence-electron chi connectivity index (χ4n) is 1.87. The maximum atomic E-state index is 12.4. The van der Waals surface area contributed by atoms with E-state index in [1.54, 1.807) is 27.7 Å². The summed E-state index contributed by atoms with van der Waals surface area (Å²) in [7, 11) is 0. The Morgan fingerprint density at radius 3 is 2.57 bits per heavy atom. The molecule has 0 fully saturated rings. The number of halogens is 1. The topological polar surface area (TPSA) is 81.2 Å². The first-order valence-electron chi connectivity index (χ1n) is 6.23. The number of hydrogen-bond donors (Lipinski definition) is 1. The summed E-state index contributed by atoms with van der Waals surface area (Å²) in [4.78, 5) is 39.3. The van der Waals surface area contributed by atoms with Crippen LogP contribution in [0.4, 0.5) is 0 Å². The van der Waals surface area contributed by atoms with Crippen LogP contribution < -0.4 is 11.2 Å². The van der Waals surface area contributed by atoms with Gasteiger partial charge in [0.1, 0.15) is 17.0 Å². The van der Waals surface area contributed by atoms with Crippen LogP contribution in [0.1, 0.15) is 26.3 Å². The fourth-order valence-corrected chi connectivity index (χ4v) is 3.47. The molecule has 0 aliphatic heterocycles. The van der Waals surface area contributed by atoms with Gasteiger partial charge in [0.2, 0.25) is 0 Å². The summed E-state index contributed by atoms with van der Waals surface area (Å²) in [6.07, 6.45) is 0. The Morgan fingerprint density at radius 1 is 1.38 bits per heavy atom. The van der Waals surface area contributed by atoms with Crippen LogP contribution in [-0.4, -0.2) is 21.1 Å². The van der Waals surface area contributed by atoms with Gasteiger partial charge in [-0.05, 0) is 49.2 Å². The second-order valence-electron chi connectivity index (χ2n) is 5.61. The normalized spacial score (nSPS) is 11.9. The van der Waals surface area contributed by atoms with E-state index in [-0.39, 0.29) is 0 Å². The van der Waals surface area contributed by atoms with Gasteiger partial charge in [0.15, 0.2) is 0 Å². The van der Waals surface area contributed by atoms with Crippen LogP contribution in [0.15, 0.2) is 13.4 Å². The van der Waals surface area contributed by atoms with E-state index in [0.29, 0.717) is 10.2 Å².